The van der Waals surface area contributed by atoms with Crippen molar-refractivity contribution in [3.05, 3.63) is 42.2 Å². The summed E-state index contributed by atoms with van der Waals surface area (Å²) >= 11 is 0. The van der Waals surface area contributed by atoms with Crippen molar-refractivity contribution in [2.75, 3.05) is 11.9 Å². The predicted octanol–water partition coefficient (Wildman–Crippen LogP) is 2.84. The van der Waals surface area contributed by atoms with Crippen LogP contribution in [0.15, 0.2) is 36.7 Å². The lowest BCUT2D eigenvalue weighted by Crippen LogP contribution is -2.22. The number of benzene rings is 1. The molecule has 0 N–H and O–H groups in total. The van der Waals surface area contributed by atoms with Crippen molar-refractivity contribution in [2.24, 2.45) is 0 Å². The van der Waals surface area contributed by atoms with Crippen molar-refractivity contribution >= 4 is 17.6 Å². The first kappa shape index (κ1) is 16.7. The van der Waals surface area contributed by atoms with Gasteiger partial charge in [0.25, 0.3) is 0 Å². The minimum absolute atomic E-state index is 0.0654. The van der Waals surface area contributed by atoms with Crippen LogP contribution >= 0.6 is 0 Å². The Labute approximate surface area is 135 Å². The second kappa shape index (κ2) is 6.24. The highest BCUT2D eigenvalue weighted by atomic mass is 16.5. The molecule has 1 aromatic carbocycles. The Kier molecular flexibility index (Phi) is 4.54. The van der Waals surface area contributed by atoms with Crippen molar-refractivity contribution in [3.63, 3.8) is 0 Å². The zero-order chi connectivity index (χ0) is 17.2. The van der Waals surface area contributed by atoms with Gasteiger partial charge in [-0.1, -0.05) is 0 Å². The van der Waals surface area contributed by atoms with Crippen molar-refractivity contribution < 1.29 is 14.3 Å². The molecule has 0 spiro atoms. The van der Waals surface area contributed by atoms with Gasteiger partial charge in [0.1, 0.15) is 5.75 Å². The molecule has 6 nitrogen and oxygen atoms in total. The Hall–Kier alpha value is -2.63. The van der Waals surface area contributed by atoms with Crippen molar-refractivity contribution in [3.8, 4) is 5.75 Å². The summed E-state index contributed by atoms with van der Waals surface area (Å²) in [5, 5.41) is 4.18. The Morgan fingerprint density at radius 1 is 1.17 bits per heavy atom. The number of ether oxygens (including phenoxy) is 1. The number of rotatable bonds is 3. The molecule has 0 saturated heterocycles. The highest BCUT2D eigenvalue weighted by Gasteiger charge is 2.18. The molecule has 0 aliphatic rings. The standard InChI is InChI=1S/C17H21N3O3/c1-12(21)19(5)14-6-8-15(9-7-14)23-16(22)13-10-18-20(11-13)17(2,3)4/h6-11H,1-5H3. The molecule has 1 aromatic heterocycles. The first-order valence-corrected chi connectivity index (χ1v) is 7.30. The van der Waals surface area contributed by atoms with Gasteiger partial charge in [0.2, 0.25) is 5.91 Å². The number of carbonyl (C=O) groups is 2. The van der Waals surface area contributed by atoms with Gasteiger partial charge in [0.15, 0.2) is 0 Å². The zero-order valence-electron chi connectivity index (χ0n) is 14.0. The van der Waals surface area contributed by atoms with E-state index in [2.05, 4.69) is 5.10 Å². The van der Waals surface area contributed by atoms with Crippen LogP contribution in [0.1, 0.15) is 38.1 Å². The first-order chi connectivity index (χ1) is 10.7. The molecular weight excluding hydrogens is 294 g/mol. The summed E-state index contributed by atoms with van der Waals surface area (Å²) in [5.41, 5.74) is 0.931. The van der Waals surface area contributed by atoms with Crippen LogP contribution in [-0.2, 0) is 10.3 Å². The molecule has 122 valence electrons. The zero-order valence-corrected chi connectivity index (χ0v) is 14.0. The molecule has 6 heteroatoms. The average molecular weight is 315 g/mol. The summed E-state index contributed by atoms with van der Waals surface area (Å²) in [5.74, 6) is -0.114. The van der Waals surface area contributed by atoms with Crippen LogP contribution in [-0.4, -0.2) is 28.7 Å². The molecule has 2 rings (SSSR count). The molecule has 0 radical (unpaired) electrons. The third-order valence-electron chi connectivity index (χ3n) is 3.41. The van der Waals surface area contributed by atoms with Crippen molar-refractivity contribution in [2.45, 2.75) is 33.2 Å². The van der Waals surface area contributed by atoms with Gasteiger partial charge in [-0.3, -0.25) is 9.48 Å². The molecule has 0 aliphatic carbocycles. The van der Waals surface area contributed by atoms with E-state index in [-0.39, 0.29) is 11.4 Å². The minimum Gasteiger partial charge on any atom is -0.423 e. The van der Waals surface area contributed by atoms with Gasteiger partial charge in [-0.25, -0.2) is 4.79 Å². The molecule has 1 amide bonds. The third kappa shape index (κ3) is 3.97. The second-order valence-corrected chi connectivity index (χ2v) is 6.31. The number of amides is 1. The largest absolute Gasteiger partial charge is 0.423 e. The number of aromatic nitrogens is 2. The van der Waals surface area contributed by atoms with Crippen molar-refractivity contribution in [1.82, 2.24) is 9.78 Å². The van der Waals surface area contributed by atoms with Gasteiger partial charge >= 0.3 is 5.97 Å². The Morgan fingerprint density at radius 3 is 2.26 bits per heavy atom. The summed E-state index contributed by atoms with van der Waals surface area (Å²) in [4.78, 5) is 25.0. The predicted molar refractivity (Wildman–Crippen MR) is 87.7 cm³/mol. The maximum Gasteiger partial charge on any atom is 0.346 e. The van der Waals surface area contributed by atoms with Gasteiger partial charge in [-0.15, -0.1) is 0 Å². The highest BCUT2D eigenvalue weighted by molar-refractivity contribution is 5.92. The van der Waals surface area contributed by atoms with E-state index in [1.54, 1.807) is 42.2 Å². The van der Waals surface area contributed by atoms with E-state index in [0.717, 1.165) is 5.69 Å². The van der Waals surface area contributed by atoms with E-state index in [0.29, 0.717) is 11.3 Å². The fourth-order valence-corrected chi connectivity index (χ4v) is 1.88. The molecule has 1 heterocycles. The van der Waals surface area contributed by atoms with Gasteiger partial charge in [0.05, 0.1) is 17.3 Å². The average Bonchev–Trinajstić information content (AvgIpc) is 2.97. The Balaban J connectivity index is 2.08. The van der Waals surface area contributed by atoms with Gasteiger partial charge in [0, 0.05) is 25.9 Å². The van der Waals surface area contributed by atoms with Crippen LogP contribution < -0.4 is 9.64 Å². The molecular formula is C17H21N3O3. The minimum atomic E-state index is -0.465. The molecule has 0 atom stereocenters. The van der Waals surface area contributed by atoms with Crippen LogP contribution in [0, 0.1) is 0 Å². The number of carbonyl (C=O) groups excluding carboxylic acids is 2. The van der Waals surface area contributed by atoms with Crippen molar-refractivity contribution in [1.29, 1.82) is 0 Å². The van der Waals surface area contributed by atoms with E-state index in [4.69, 9.17) is 4.74 Å². The summed E-state index contributed by atoms with van der Waals surface area (Å²) in [7, 11) is 1.68. The molecule has 0 saturated carbocycles. The van der Waals surface area contributed by atoms with Gasteiger partial charge in [-0.05, 0) is 45.0 Å². The Morgan fingerprint density at radius 2 is 1.78 bits per heavy atom. The number of hydrogen-bond donors (Lipinski definition) is 0. The summed E-state index contributed by atoms with van der Waals surface area (Å²) in [6, 6.07) is 6.76. The smallest absolute Gasteiger partial charge is 0.346 e. The van der Waals surface area contributed by atoms with E-state index in [1.165, 1.54) is 18.0 Å². The molecule has 0 aliphatic heterocycles. The first-order valence-electron chi connectivity index (χ1n) is 7.30. The fraction of sp³-hybridized carbons (Fsp3) is 0.353. The monoisotopic (exact) mass is 315 g/mol. The lowest BCUT2D eigenvalue weighted by molar-refractivity contribution is -0.116. The Bertz CT molecular complexity index is 711. The lowest BCUT2D eigenvalue weighted by atomic mass is 10.1. The molecule has 2 aromatic rings. The van der Waals surface area contributed by atoms with E-state index in [1.807, 2.05) is 20.8 Å². The van der Waals surface area contributed by atoms with Gasteiger partial charge in [-0.2, -0.15) is 5.10 Å². The van der Waals surface area contributed by atoms with E-state index < -0.39 is 5.97 Å². The molecule has 0 fully saturated rings. The van der Waals surface area contributed by atoms with E-state index in [9.17, 15) is 9.59 Å². The fourth-order valence-electron chi connectivity index (χ4n) is 1.88. The van der Waals surface area contributed by atoms with Gasteiger partial charge < -0.3 is 9.64 Å². The number of hydrogen-bond acceptors (Lipinski definition) is 4. The molecule has 0 unspecified atom stereocenters. The maximum absolute atomic E-state index is 12.1. The maximum atomic E-state index is 12.1. The summed E-state index contributed by atoms with van der Waals surface area (Å²) in [6.07, 6.45) is 3.16. The lowest BCUT2D eigenvalue weighted by Gasteiger charge is -2.18. The molecule has 23 heavy (non-hydrogen) atoms. The summed E-state index contributed by atoms with van der Waals surface area (Å²) < 4.78 is 7.04. The number of anilines is 1. The van der Waals surface area contributed by atoms with Crippen LogP contribution in [0.4, 0.5) is 5.69 Å². The number of nitrogens with zero attached hydrogens (tertiary/aromatic N) is 3. The molecule has 0 bridgehead atoms. The second-order valence-electron chi connectivity index (χ2n) is 6.31. The van der Waals surface area contributed by atoms with Crippen LogP contribution in [0.5, 0.6) is 5.75 Å². The number of esters is 1. The van der Waals surface area contributed by atoms with Crippen LogP contribution in [0.25, 0.3) is 0 Å². The summed E-state index contributed by atoms with van der Waals surface area (Å²) in [6.45, 7) is 7.49. The quantitative estimate of drug-likeness (QED) is 0.645. The SMILES string of the molecule is CC(=O)N(C)c1ccc(OC(=O)c2cnn(C(C)(C)C)c2)cc1. The van der Waals surface area contributed by atoms with Crippen LogP contribution in [0.2, 0.25) is 0 Å². The third-order valence-corrected chi connectivity index (χ3v) is 3.41. The highest BCUT2D eigenvalue weighted by Crippen LogP contribution is 2.20. The van der Waals surface area contributed by atoms with E-state index >= 15 is 0 Å². The van der Waals surface area contributed by atoms with Crippen LogP contribution in [0.3, 0.4) is 0 Å². The topological polar surface area (TPSA) is 64.4 Å². The normalized spacial score (nSPS) is 11.2.